The van der Waals surface area contributed by atoms with Crippen molar-refractivity contribution in [1.82, 2.24) is 19.9 Å². The van der Waals surface area contributed by atoms with E-state index in [1.807, 2.05) is 0 Å². The van der Waals surface area contributed by atoms with E-state index < -0.39 is 5.97 Å². The SMILES string of the molecule is Cc1noc(CCC(=O)N2CCN(CCC(=O)O)CC2)n1. The first kappa shape index (κ1) is 15.4. The maximum atomic E-state index is 12.1. The van der Waals surface area contributed by atoms with Crippen molar-refractivity contribution < 1.29 is 19.2 Å². The number of hydrogen-bond donors (Lipinski definition) is 1. The topological polar surface area (TPSA) is 99.8 Å². The molecule has 116 valence electrons. The first-order valence-electron chi connectivity index (χ1n) is 7.05. The lowest BCUT2D eigenvalue weighted by Gasteiger charge is -2.34. The normalized spacial score (nSPS) is 16.1. The molecule has 8 heteroatoms. The molecule has 0 spiro atoms. The van der Waals surface area contributed by atoms with Gasteiger partial charge in [0, 0.05) is 45.6 Å². The second kappa shape index (κ2) is 7.16. The van der Waals surface area contributed by atoms with Gasteiger partial charge in [0.1, 0.15) is 0 Å². The van der Waals surface area contributed by atoms with Gasteiger partial charge in [-0.3, -0.25) is 14.5 Å². The van der Waals surface area contributed by atoms with Crippen molar-refractivity contribution in [3.8, 4) is 0 Å². The summed E-state index contributed by atoms with van der Waals surface area (Å²) >= 11 is 0. The number of aliphatic carboxylic acids is 1. The number of piperazine rings is 1. The van der Waals surface area contributed by atoms with E-state index in [2.05, 4.69) is 15.0 Å². The summed E-state index contributed by atoms with van der Waals surface area (Å²) in [5, 5.41) is 12.3. The monoisotopic (exact) mass is 296 g/mol. The Morgan fingerprint density at radius 2 is 1.95 bits per heavy atom. The van der Waals surface area contributed by atoms with Gasteiger partial charge in [-0.1, -0.05) is 5.16 Å². The van der Waals surface area contributed by atoms with Gasteiger partial charge in [0.25, 0.3) is 0 Å². The summed E-state index contributed by atoms with van der Waals surface area (Å²) in [5.74, 6) is 0.345. The molecule has 0 atom stereocenters. The van der Waals surface area contributed by atoms with Gasteiger partial charge in [-0.15, -0.1) is 0 Å². The molecule has 2 rings (SSSR count). The summed E-state index contributed by atoms with van der Waals surface area (Å²) in [4.78, 5) is 30.5. The molecule has 0 saturated carbocycles. The molecule has 1 aliphatic heterocycles. The predicted molar refractivity (Wildman–Crippen MR) is 72.6 cm³/mol. The van der Waals surface area contributed by atoms with E-state index >= 15 is 0 Å². The molecule has 0 radical (unpaired) electrons. The first-order chi connectivity index (χ1) is 10.0. The van der Waals surface area contributed by atoms with Crippen LogP contribution in [-0.4, -0.2) is 69.6 Å². The Morgan fingerprint density at radius 1 is 1.24 bits per heavy atom. The molecule has 1 aromatic rings. The molecule has 0 aromatic carbocycles. The molecule has 1 amide bonds. The zero-order chi connectivity index (χ0) is 15.2. The molecule has 0 unspecified atom stereocenters. The number of aromatic nitrogens is 2. The van der Waals surface area contributed by atoms with Crippen molar-refractivity contribution in [2.75, 3.05) is 32.7 Å². The summed E-state index contributed by atoms with van der Waals surface area (Å²) in [5.41, 5.74) is 0. The highest BCUT2D eigenvalue weighted by Gasteiger charge is 2.21. The Hall–Kier alpha value is -1.96. The number of hydrogen-bond acceptors (Lipinski definition) is 6. The Morgan fingerprint density at radius 3 is 2.52 bits per heavy atom. The van der Waals surface area contributed by atoms with E-state index in [0.29, 0.717) is 44.2 Å². The van der Waals surface area contributed by atoms with Crippen molar-refractivity contribution in [2.45, 2.75) is 26.2 Å². The number of aryl methyl sites for hydroxylation is 2. The minimum atomic E-state index is -0.789. The van der Waals surface area contributed by atoms with Crippen LogP contribution in [0.2, 0.25) is 0 Å². The van der Waals surface area contributed by atoms with Gasteiger partial charge in [0.05, 0.1) is 6.42 Å². The lowest BCUT2D eigenvalue weighted by Crippen LogP contribution is -2.49. The zero-order valence-electron chi connectivity index (χ0n) is 12.1. The van der Waals surface area contributed by atoms with Crippen LogP contribution in [0.25, 0.3) is 0 Å². The van der Waals surface area contributed by atoms with Gasteiger partial charge in [-0.05, 0) is 6.92 Å². The molecule has 2 heterocycles. The fourth-order valence-corrected chi connectivity index (χ4v) is 2.29. The van der Waals surface area contributed by atoms with Crippen molar-refractivity contribution in [3.63, 3.8) is 0 Å². The number of nitrogens with zero attached hydrogens (tertiary/aromatic N) is 4. The Balaban J connectivity index is 1.69. The summed E-state index contributed by atoms with van der Waals surface area (Å²) in [7, 11) is 0. The lowest BCUT2D eigenvalue weighted by molar-refractivity contribution is -0.138. The van der Waals surface area contributed by atoms with Gasteiger partial charge in [0.2, 0.25) is 11.8 Å². The highest BCUT2D eigenvalue weighted by molar-refractivity contribution is 5.76. The molecule has 1 aromatic heterocycles. The summed E-state index contributed by atoms with van der Waals surface area (Å²) in [6.07, 6.45) is 0.958. The van der Waals surface area contributed by atoms with Crippen LogP contribution in [0.4, 0.5) is 0 Å². The third-order valence-corrected chi connectivity index (χ3v) is 3.49. The van der Waals surface area contributed by atoms with E-state index in [1.165, 1.54) is 0 Å². The lowest BCUT2D eigenvalue weighted by atomic mass is 10.2. The molecular weight excluding hydrogens is 276 g/mol. The predicted octanol–water partition coefficient (Wildman–Crippen LogP) is -0.0705. The fraction of sp³-hybridized carbons (Fsp3) is 0.692. The van der Waals surface area contributed by atoms with Crippen LogP contribution < -0.4 is 0 Å². The van der Waals surface area contributed by atoms with Gasteiger partial charge in [0.15, 0.2) is 5.82 Å². The number of amides is 1. The van der Waals surface area contributed by atoms with Crippen LogP contribution in [0.3, 0.4) is 0 Å². The van der Waals surface area contributed by atoms with Crippen LogP contribution in [-0.2, 0) is 16.0 Å². The molecule has 1 N–H and O–H groups in total. The standard InChI is InChI=1S/C13H20N4O4/c1-10-14-11(21-15-10)2-3-12(18)17-8-6-16(7-9-17)5-4-13(19)20/h2-9H2,1H3,(H,19,20). The van der Waals surface area contributed by atoms with Crippen LogP contribution >= 0.6 is 0 Å². The van der Waals surface area contributed by atoms with E-state index in [4.69, 9.17) is 9.63 Å². The van der Waals surface area contributed by atoms with Crippen molar-refractivity contribution in [3.05, 3.63) is 11.7 Å². The highest BCUT2D eigenvalue weighted by atomic mass is 16.5. The molecule has 0 bridgehead atoms. The minimum absolute atomic E-state index is 0.0729. The molecule has 1 aliphatic rings. The van der Waals surface area contributed by atoms with Gasteiger partial charge in [-0.25, -0.2) is 0 Å². The third-order valence-electron chi connectivity index (χ3n) is 3.49. The van der Waals surface area contributed by atoms with Crippen LogP contribution in [0, 0.1) is 6.92 Å². The number of carbonyl (C=O) groups is 2. The maximum Gasteiger partial charge on any atom is 0.304 e. The Labute approximate surface area is 122 Å². The zero-order valence-corrected chi connectivity index (χ0v) is 12.1. The van der Waals surface area contributed by atoms with E-state index in [0.717, 1.165) is 13.1 Å². The first-order valence-corrected chi connectivity index (χ1v) is 7.05. The quantitative estimate of drug-likeness (QED) is 0.784. The molecule has 0 aliphatic carbocycles. The van der Waals surface area contributed by atoms with E-state index in [1.54, 1.807) is 11.8 Å². The Kier molecular flexibility index (Phi) is 5.26. The van der Waals surface area contributed by atoms with Crippen LogP contribution in [0.1, 0.15) is 24.6 Å². The number of carboxylic acid groups (broad SMARTS) is 1. The largest absolute Gasteiger partial charge is 0.481 e. The third kappa shape index (κ3) is 4.82. The van der Waals surface area contributed by atoms with Gasteiger partial charge in [-0.2, -0.15) is 4.98 Å². The van der Waals surface area contributed by atoms with E-state index in [-0.39, 0.29) is 12.3 Å². The van der Waals surface area contributed by atoms with Crippen molar-refractivity contribution in [2.24, 2.45) is 0 Å². The van der Waals surface area contributed by atoms with Crippen molar-refractivity contribution >= 4 is 11.9 Å². The molecule has 21 heavy (non-hydrogen) atoms. The van der Waals surface area contributed by atoms with Crippen LogP contribution in [0.5, 0.6) is 0 Å². The van der Waals surface area contributed by atoms with Gasteiger partial charge < -0.3 is 14.5 Å². The number of rotatable bonds is 6. The average molecular weight is 296 g/mol. The molecule has 8 nitrogen and oxygen atoms in total. The summed E-state index contributed by atoms with van der Waals surface area (Å²) < 4.78 is 4.98. The minimum Gasteiger partial charge on any atom is -0.481 e. The van der Waals surface area contributed by atoms with Gasteiger partial charge >= 0.3 is 5.97 Å². The second-order valence-corrected chi connectivity index (χ2v) is 5.10. The molecule has 1 saturated heterocycles. The van der Waals surface area contributed by atoms with Crippen molar-refractivity contribution in [1.29, 1.82) is 0 Å². The van der Waals surface area contributed by atoms with E-state index in [9.17, 15) is 9.59 Å². The second-order valence-electron chi connectivity index (χ2n) is 5.10. The Bertz CT molecular complexity index is 494. The summed E-state index contributed by atoms with van der Waals surface area (Å²) in [6, 6.07) is 0. The number of carbonyl (C=O) groups excluding carboxylic acids is 1. The average Bonchev–Trinajstić information content (AvgIpc) is 2.89. The number of carboxylic acids is 1. The maximum absolute atomic E-state index is 12.1. The fourth-order valence-electron chi connectivity index (χ4n) is 2.29. The smallest absolute Gasteiger partial charge is 0.304 e. The molecular formula is C13H20N4O4. The van der Waals surface area contributed by atoms with Crippen LogP contribution in [0.15, 0.2) is 4.52 Å². The highest BCUT2D eigenvalue weighted by Crippen LogP contribution is 2.07. The summed E-state index contributed by atoms with van der Waals surface area (Å²) in [6.45, 7) is 5.00. The molecule has 1 fully saturated rings.